The zero-order valence-electron chi connectivity index (χ0n) is 9.68. The van der Waals surface area contributed by atoms with Crippen molar-refractivity contribution in [1.82, 2.24) is 0 Å². The van der Waals surface area contributed by atoms with Gasteiger partial charge in [-0.1, -0.05) is 29.8 Å². The first-order valence-corrected chi connectivity index (χ1v) is 5.76. The molecule has 0 aliphatic rings. The van der Waals surface area contributed by atoms with Gasteiger partial charge in [-0.25, -0.2) is 4.39 Å². The number of nitrogens with zero attached hydrogens (tertiary/aromatic N) is 1. The molecule has 0 bridgehead atoms. The highest BCUT2D eigenvalue weighted by Gasteiger charge is 2.13. The van der Waals surface area contributed by atoms with E-state index in [1.165, 1.54) is 24.3 Å². The molecule has 0 aliphatic heterocycles. The average molecular weight is 282 g/mol. The van der Waals surface area contributed by atoms with Crippen LogP contribution in [0.25, 0.3) is 0 Å². The highest BCUT2D eigenvalue weighted by molar-refractivity contribution is 6.32. The number of ether oxygens (including phenoxy) is 1. The molecule has 0 aliphatic carbocycles. The van der Waals surface area contributed by atoms with Crippen LogP contribution >= 0.6 is 11.6 Å². The first-order chi connectivity index (χ1) is 9.08. The van der Waals surface area contributed by atoms with Crippen LogP contribution < -0.4 is 4.74 Å². The lowest BCUT2D eigenvalue weighted by atomic mass is 10.2. The zero-order chi connectivity index (χ0) is 13.8. The fourth-order valence-electron chi connectivity index (χ4n) is 1.51. The summed E-state index contributed by atoms with van der Waals surface area (Å²) < 4.78 is 18.6. The third-order valence-corrected chi connectivity index (χ3v) is 2.76. The van der Waals surface area contributed by atoms with Crippen LogP contribution in [0.3, 0.4) is 0 Å². The second-order valence-corrected chi connectivity index (χ2v) is 4.17. The molecular formula is C13H9ClFNO3. The molecule has 0 radical (unpaired) electrons. The molecule has 0 heterocycles. The Kier molecular flexibility index (Phi) is 3.97. The Bertz CT molecular complexity index is 619. The quantitative estimate of drug-likeness (QED) is 0.629. The zero-order valence-corrected chi connectivity index (χ0v) is 10.4. The van der Waals surface area contributed by atoms with E-state index >= 15 is 0 Å². The minimum atomic E-state index is -0.574. The van der Waals surface area contributed by atoms with Gasteiger partial charge in [0.05, 0.1) is 4.92 Å². The molecule has 6 heteroatoms. The van der Waals surface area contributed by atoms with Gasteiger partial charge in [0, 0.05) is 6.07 Å². The number of nitro benzene ring substituents is 1. The molecule has 0 amide bonds. The molecule has 0 saturated heterocycles. The molecule has 98 valence electrons. The summed E-state index contributed by atoms with van der Waals surface area (Å²) in [4.78, 5) is 10.1. The minimum Gasteiger partial charge on any atom is -0.486 e. The molecule has 0 atom stereocenters. The van der Waals surface area contributed by atoms with Crippen LogP contribution in [0.15, 0.2) is 42.5 Å². The van der Waals surface area contributed by atoms with Crippen molar-refractivity contribution < 1.29 is 14.1 Å². The van der Waals surface area contributed by atoms with Gasteiger partial charge in [-0.15, -0.1) is 0 Å². The minimum absolute atomic E-state index is 0.0267. The van der Waals surface area contributed by atoms with E-state index in [1.807, 2.05) is 0 Å². The predicted octanol–water partition coefficient (Wildman–Crippen LogP) is 3.97. The molecule has 4 nitrogen and oxygen atoms in total. The largest absolute Gasteiger partial charge is 0.486 e. The van der Waals surface area contributed by atoms with Crippen molar-refractivity contribution in [3.05, 3.63) is 69.0 Å². The van der Waals surface area contributed by atoms with Crippen molar-refractivity contribution in [2.75, 3.05) is 0 Å². The summed E-state index contributed by atoms with van der Waals surface area (Å²) in [5.41, 5.74) is 0.343. The van der Waals surface area contributed by atoms with Crippen molar-refractivity contribution >= 4 is 17.3 Å². The standard InChI is InChI=1S/C13H9ClFNO3/c14-10-6-5-9(7-12(10)16(17)18)8-19-13-4-2-1-3-11(13)15/h1-7H,8H2. The van der Waals surface area contributed by atoms with E-state index in [9.17, 15) is 14.5 Å². The second-order valence-electron chi connectivity index (χ2n) is 3.76. The summed E-state index contributed by atoms with van der Waals surface area (Å²) in [5, 5.41) is 10.8. The van der Waals surface area contributed by atoms with E-state index in [0.717, 1.165) is 0 Å². The number of halogens is 2. The average Bonchev–Trinajstić information content (AvgIpc) is 2.39. The lowest BCUT2D eigenvalue weighted by molar-refractivity contribution is -0.384. The van der Waals surface area contributed by atoms with Gasteiger partial charge in [-0.05, 0) is 23.8 Å². The number of benzene rings is 2. The fraction of sp³-hybridized carbons (Fsp3) is 0.0769. The highest BCUT2D eigenvalue weighted by atomic mass is 35.5. The first kappa shape index (κ1) is 13.3. The number of rotatable bonds is 4. The van der Waals surface area contributed by atoms with Crippen molar-refractivity contribution in [2.45, 2.75) is 6.61 Å². The van der Waals surface area contributed by atoms with Crippen molar-refractivity contribution in [3.63, 3.8) is 0 Å². The van der Waals surface area contributed by atoms with Crippen LogP contribution in [0, 0.1) is 15.9 Å². The number of nitro groups is 1. The molecule has 2 aromatic carbocycles. The number of hydrogen-bond donors (Lipinski definition) is 0. The molecule has 19 heavy (non-hydrogen) atoms. The first-order valence-electron chi connectivity index (χ1n) is 5.38. The van der Waals surface area contributed by atoms with Crippen LogP contribution in [-0.4, -0.2) is 4.92 Å². The molecule has 0 saturated carbocycles. The van der Waals surface area contributed by atoms with E-state index in [-0.39, 0.29) is 23.1 Å². The topological polar surface area (TPSA) is 52.4 Å². The Hall–Kier alpha value is -2.14. The Morgan fingerprint density at radius 3 is 2.68 bits per heavy atom. The maximum Gasteiger partial charge on any atom is 0.288 e. The van der Waals surface area contributed by atoms with Gasteiger partial charge < -0.3 is 4.74 Å². The molecule has 2 aromatic rings. The third-order valence-electron chi connectivity index (χ3n) is 2.44. The molecule has 0 spiro atoms. The summed E-state index contributed by atoms with van der Waals surface area (Å²) in [6.07, 6.45) is 0. The Labute approximate surface area is 113 Å². The van der Waals surface area contributed by atoms with Crippen LogP contribution in [0.4, 0.5) is 10.1 Å². The van der Waals surface area contributed by atoms with Crippen molar-refractivity contribution in [2.24, 2.45) is 0 Å². The fourth-order valence-corrected chi connectivity index (χ4v) is 1.70. The molecule has 0 aromatic heterocycles. The van der Waals surface area contributed by atoms with Gasteiger partial charge in [0.2, 0.25) is 0 Å². The Morgan fingerprint density at radius 1 is 1.26 bits per heavy atom. The van der Waals surface area contributed by atoms with E-state index < -0.39 is 10.7 Å². The summed E-state index contributed by atoms with van der Waals surface area (Å²) in [6.45, 7) is 0.0267. The van der Waals surface area contributed by atoms with E-state index in [1.54, 1.807) is 18.2 Å². The van der Waals surface area contributed by atoms with Gasteiger partial charge >= 0.3 is 0 Å². The molecule has 0 fully saturated rings. The van der Waals surface area contributed by atoms with Gasteiger partial charge in [0.15, 0.2) is 11.6 Å². The van der Waals surface area contributed by atoms with Gasteiger partial charge in [0.25, 0.3) is 5.69 Å². The monoisotopic (exact) mass is 281 g/mol. The maximum absolute atomic E-state index is 13.3. The summed E-state index contributed by atoms with van der Waals surface area (Å²) in [5.74, 6) is -0.383. The number of para-hydroxylation sites is 1. The van der Waals surface area contributed by atoms with Crippen LogP contribution in [-0.2, 0) is 6.61 Å². The number of hydrogen-bond acceptors (Lipinski definition) is 3. The summed E-state index contributed by atoms with van der Waals surface area (Å²) >= 11 is 5.69. The SMILES string of the molecule is O=[N+]([O-])c1cc(COc2ccccc2F)ccc1Cl. The predicted molar refractivity (Wildman–Crippen MR) is 68.8 cm³/mol. The van der Waals surface area contributed by atoms with Crippen molar-refractivity contribution in [3.8, 4) is 5.75 Å². The van der Waals surface area contributed by atoms with Crippen molar-refractivity contribution in [1.29, 1.82) is 0 Å². The molecule has 0 unspecified atom stereocenters. The van der Waals surface area contributed by atoms with Gasteiger partial charge in [-0.3, -0.25) is 10.1 Å². The van der Waals surface area contributed by atoms with E-state index in [4.69, 9.17) is 16.3 Å². The lowest BCUT2D eigenvalue weighted by Gasteiger charge is -2.07. The van der Waals surface area contributed by atoms with Gasteiger partial charge in [-0.2, -0.15) is 0 Å². The lowest BCUT2D eigenvalue weighted by Crippen LogP contribution is -1.98. The normalized spacial score (nSPS) is 10.2. The molecular weight excluding hydrogens is 273 g/mol. The van der Waals surface area contributed by atoms with Gasteiger partial charge in [0.1, 0.15) is 11.6 Å². The van der Waals surface area contributed by atoms with E-state index in [2.05, 4.69) is 0 Å². The Balaban J connectivity index is 2.14. The molecule has 2 rings (SSSR count). The molecule has 0 N–H and O–H groups in total. The third kappa shape index (κ3) is 3.20. The van der Waals surface area contributed by atoms with Crippen LogP contribution in [0.2, 0.25) is 5.02 Å². The van der Waals surface area contributed by atoms with Crippen LogP contribution in [0.1, 0.15) is 5.56 Å². The maximum atomic E-state index is 13.3. The Morgan fingerprint density at radius 2 is 2.00 bits per heavy atom. The summed E-state index contributed by atoms with van der Waals surface area (Å²) in [7, 11) is 0. The smallest absolute Gasteiger partial charge is 0.288 e. The van der Waals surface area contributed by atoms with Crippen LogP contribution in [0.5, 0.6) is 5.75 Å². The van der Waals surface area contributed by atoms with E-state index in [0.29, 0.717) is 5.56 Å². The second kappa shape index (κ2) is 5.67. The highest BCUT2D eigenvalue weighted by Crippen LogP contribution is 2.26. The summed E-state index contributed by atoms with van der Waals surface area (Å²) in [6, 6.07) is 10.3.